The summed E-state index contributed by atoms with van der Waals surface area (Å²) < 4.78 is 0. The number of carboxylic acid groups (broad SMARTS) is 1. The quantitative estimate of drug-likeness (QED) is 0.608. The number of hydrogen-bond donors (Lipinski definition) is 4. The van der Waals surface area contributed by atoms with Gasteiger partial charge in [0.1, 0.15) is 0 Å². The zero-order valence-electron chi connectivity index (χ0n) is 10.9. The summed E-state index contributed by atoms with van der Waals surface area (Å²) in [6.07, 6.45) is 1.73. The minimum Gasteiger partial charge on any atom is -0.481 e. The Hall–Kier alpha value is -2.18. The van der Waals surface area contributed by atoms with Crippen molar-refractivity contribution in [2.24, 2.45) is 11.5 Å². The van der Waals surface area contributed by atoms with Gasteiger partial charge >= 0.3 is 5.97 Å². The number of rotatable bonds is 6. The molecule has 6 heteroatoms. The number of para-hydroxylation sites is 1. The van der Waals surface area contributed by atoms with Crippen molar-refractivity contribution in [2.75, 3.05) is 0 Å². The van der Waals surface area contributed by atoms with Gasteiger partial charge in [-0.05, 0) is 18.1 Å². The van der Waals surface area contributed by atoms with E-state index in [1.165, 1.54) is 0 Å². The predicted octanol–water partition coefficient (Wildman–Crippen LogP) is 0.409. The van der Waals surface area contributed by atoms with Crippen LogP contribution in [0.15, 0.2) is 30.5 Å². The molecule has 2 rings (SSSR count). The number of hydrogen-bond acceptors (Lipinski definition) is 4. The molecule has 6 nitrogen and oxygen atoms in total. The molecule has 6 N–H and O–H groups in total. The molecule has 0 spiro atoms. The highest BCUT2D eigenvalue weighted by molar-refractivity contribution is 5.92. The van der Waals surface area contributed by atoms with E-state index in [0.717, 1.165) is 16.5 Å². The number of carbonyl (C=O) groups is 2. The van der Waals surface area contributed by atoms with E-state index in [2.05, 4.69) is 4.98 Å². The van der Waals surface area contributed by atoms with Crippen LogP contribution >= 0.6 is 0 Å². The number of benzene rings is 1. The highest BCUT2D eigenvalue weighted by Gasteiger charge is 2.24. The first-order valence-corrected chi connectivity index (χ1v) is 6.30. The number of aromatic amines is 1. The number of aromatic nitrogens is 1. The lowest BCUT2D eigenvalue weighted by Crippen LogP contribution is -2.45. The Balaban J connectivity index is 2.09. The summed E-state index contributed by atoms with van der Waals surface area (Å²) in [5.41, 5.74) is 13.3. The van der Waals surface area contributed by atoms with Crippen molar-refractivity contribution in [2.45, 2.75) is 24.9 Å². The number of H-pyrrole nitrogens is 1. The summed E-state index contributed by atoms with van der Waals surface area (Å²) in [5, 5.41) is 9.64. The normalized spacial score (nSPS) is 14.1. The summed E-state index contributed by atoms with van der Waals surface area (Å²) in [4.78, 5) is 25.6. The van der Waals surface area contributed by atoms with Gasteiger partial charge in [-0.2, -0.15) is 0 Å². The lowest BCUT2D eigenvalue weighted by Gasteiger charge is -2.14. The summed E-state index contributed by atoms with van der Waals surface area (Å²) in [7, 11) is 0. The van der Waals surface area contributed by atoms with E-state index < -0.39 is 30.3 Å². The van der Waals surface area contributed by atoms with Crippen molar-refractivity contribution in [3.8, 4) is 0 Å². The molecule has 0 saturated heterocycles. The van der Waals surface area contributed by atoms with Gasteiger partial charge in [-0.25, -0.2) is 0 Å². The second-order valence-electron chi connectivity index (χ2n) is 4.78. The largest absolute Gasteiger partial charge is 0.481 e. The molecule has 0 radical (unpaired) electrons. The fourth-order valence-corrected chi connectivity index (χ4v) is 2.20. The lowest BCUT2D eigenvalue weighted by atomic mass is 9.97. The van der Waals surface area contributed by atoms with Crippen molar-refractivity contribution < 1.29 is 14.7 Å². The van der Waals surface area contributed by atoms with E-state index in [0.29, 0.717) is 6.42 Å². The van der Waals surface area contributed by atoms with E-state index in [9.17, 15) is 9.59 Å². The summed E-state index contributed by atoms with van der Waals surface area (Å²) in [6.45, 7) is 0. The van der Waals surface area contributed by atoms with Crippen LogP contribution in [0.5, 0.6) is 0 Å². The molecule has 2 aromatic rings. The highest BCUT2D eigenvalue weighted by atomic mass is 16.4. The number of Topliss-reactive ketones (excluding diaryl/α,β-unsaturated/α-hetero) is 1. The SMILES string of the molecule is NC(Cc1c[nH]c2ccccc12)C(=O)[C@H](N)CC(=O)O. The molecule has 0 aliphatic rings. The first-order chi connectivity index (χ1) is 9.49. The maximum Gasteiger partial charge on any atom is 0.305 e. The number of ketones is 1. The van der Waals surface area contributed by atoms with Gasteiger partial charge in [0.2, 0.25) is 0 Å². The van der Waals surface area contributed by atoms with Crippen molar-refractivity contribution >= 4 is 22.7 Å². The Morgan fingerprint density at radius 2 is 1.90 bits per heavy atom. The first kappa shape index (κ1) is 14.2. The third-order valence-electron chi connectivity index (χ3n) is 3.24. The highest BCUT2D eigenvalue weighted by Crippen LogP contribution is 2.19. The number of fused-ring (bicyclic) bond motifs is 1. The summed E-state index contributed by atoms with van der Waals surface area (Å²) >= 11 is 0. The van der Waals surface area contributed by atoms with Crippen LogP contribution in [0, 0.1) is 0 Å². The maximum absolute atomic E-state index is 11.9. The third-order valence-corrected chi connectivity index (χ3v) is 3.24. The van der Waals surface area contributed by atoms with Crippen LogP contribution in [0.4, 0.5) is 0 Å². The molecule has 106 valence electrons. The number of aliphatic carboxylic acids is 1. The Labute approximate surface area is 115 Å². The number of carbonyl (C=O) groups excluding carboxylic acids is 1. The molecule has 1 aromatic carbocycles. The number of nitrogens with one attached hydrogen (secondary N) is 1. The Kier molecular flexibility index (Phi) is 4.16. The Bertz CT molecular complexity index is 635. The standard InChI is InChI=1S/C14H17N3O3/c15-10(14(20)11(16)6-13(18)19)5-8-7-17-12-4-2-1-3-9(8)12/h1-4,7,10-11,17H,5-6,15-16H2,(H,18,19)/t10?,11-/m1/s1. The molecular weight excluding hydrogens is 258 g/mol. The van der Waals surface area contributed by atoms with Crippen molar-refractivity contribution in [3.05, 3.63) is 36.0 Å². The second kappa shape index (κ2) is 5.85. The second-order valence-corrected chi connectivity index (χ2v) is 4.78. The maximum atomic E-state index is 11.9. The van der Waals surface area contributed by atoms with Crippen molar-refractivity contribution in [1.29, 1.82) is 0 Å². The van der Waals surface area contributed by atoms with Crippen LogP contribution in [-0.4, -0.2) is 33.9 Å². The third kappa shape index (κ3) is 3.04. The molecule has 0 fully saturated rings. The summed E-state index contributed by atoms with van der Waals surface area (Å²) in [6, 6.07) is 5.83. The molecule has 0 amide bonds. The molecule has 0 bridgehead atoms. The average molecular weight is 275 g/mol. The van der Waals surface area contributed by atoms with Crippen molar-refractivity contribution in [1.82, 2.24) is 4.98 Å². The molecule has 0 aliphatic heterocycles. The zero-order valence-corrected chi connectivity index (χ0v) is 10.9. The van der Waals surface area contributed by atoms with Crippen molar-refractivity contribution in [3.63, 3.8) is 0 Å². The minimum atomic E-state index is -1.11. The first-order valence-electron chi connectivity index (χ1n) is 6.30. The van der Waals surface area contributed by atoms with E-state index >= 15 is 0 Å². The number of carboxylic acids is 1. The smallest absolute Gasteiger partial charge is 0.305 e. The van der Waals surface area contributed by atoms with Crippen LogP contribution in [0.3, 0.4) is 0 Å². The Morgan fingerprint density at radius 3 is 2.60 bits per heavy atom. The van der Waals surface area contributed by atoms with Crippen LogP contribution in [0.2, 0.25) is 0 Å². The van der Waals surface area contributed by atoms with Crippen LogP contribution < -0.4 is 11.5 Å². The van der Waals surface area contributed by atoms with Gasteiger partial charge < -0.3 is 21.6 Å². The lowest BCUT2D eigenvalue weighted by molar-refractivity contribution is -0.139. The van der Waals surface area contributed by atoms with E-state index in [1.807, 2.05) is 24.3 Å². The number of nitrogens with two attached hydrogens (primary N) is 2. The van der Waals surface area contributed by atoms with Crippen LogP contribution in [0.1, 0.15) is 12.0 Å². The van der Waals surface area contributed by atoms with Crippen LogP contribution in [0.25, 0.3) is 10.9 Å². The molecule has 1 unspecified atom stereocenters. The molecular formula is C14H17N3O3. The fourth-order valence-electron chi connectivity index (χ4n) is 2.20. The average Bonchev–Trinajstić information content (AvgIpc) is 2.80. The van der Waals surface area contributed by atoms with Gasteiger partial charge in [0.25, 0.3) is 0 Å². The van der Waals surface area contributed by atoms with Gasteiger partial charge in [0.05, 0.1) is 18.5 Å². The van der Waals surface area contributed by atoms with E-state index in [4.69, 9.17) is 16.6 Å². The van der Waals surface area contributed by atoms with Gasteiger partial charge in [-0.1, -0.05) is 18.2 Å². The summed E-state index contributed by atoms with van der Waals surface area (Å²) in [5.74, 6) is -1.54. The monoisotopic (exact) mass is 275 g/mol. The zero-order chi connectivity index (χ0) is 14.7. The molecule has 1 aromatic heterocycles. The molecule has 1 heterocycles. The topological polar surface area (TPSA) is 122 Å². The van der Waals surface area contributed by atoms with E-state index in [-0.39, 0.29) is 0 Å². The Morgan fingerprint density at radius 1 is 1.20 bits per heavy atom. The molecule has 0 aliphatic carbocycles. The fraction of sp³-hybridized carbons (Fsp3) is 0.286. The van der Waals surface area contributed by atoms with E-state index in [1.54, 1.807) is 6.20 Å². The van der Waals surface area contributed by atoms with Crippen LogP contribution in [-0.2, 0) is 16.0 Å². The molecule has 20 heavy (non-hydrogen) atoms. The van der Waals surface area contributed by atoms with Gasteiger partial charge in [0, 0.05) is 17.1 Å². The predicted molar refractivity (Wildman–Crippen MR) is 75.2 cm³/mol. The molecule has 2 atom stereocenters. The van der Waals surface area contributed by atoms with Gasteiger partial charge in [-0.15, -0.1) is 0 Å². The van der Waals surface area contributed by atoms with Gasteiger partial charge in [-0.3, -0.25) is 9.59 Å². The molecule has 0 saturated carbocycles. The minimum absolute atomic E-state index is 0.330. The van der Waals surface area contributed by atoms with Gasteiger partial charge in [0.15, 0.2) is 5.78 Å².